The number of hydrogen-bond acceptors (Lipinski definition) is 6. The molecule has 1 aromatic carbocycles. The number of nitrogens with zero attached hydrogens (tertiary/aromatic N) is 1. The highest BCUT2D eigenvalue weighted by molar-refractivity contribution is 6.23. The Labute approximate surface area is 163 Å². The summed E-state index contributed by atoms with van der Waals surface area (Å²) in [5.41, 5.74) is 1.57. The summed E-state index contributed by atoms with van der Waals surface area (Å²) in [6, 6.07) is 4.69. The summed E-state index contributed by atoms with van der Waals surface area (Å²) >= 11 is 0. The van der Waals surface area contributed by atoms with Crippen LogP contribution in [0.25, 0.3) is 0 Å². The van der Waals surface area contributed by atoms with Crippen LogP contribution in [0.3, 0.4) is 0 Å². The van der Waals surface area contributed by atoms with Gasteiger partial charge in [-0.05, 0) is 43.5 Å². The molecule has 0 spiro atoms. The van der Waals surface area contributed by atoms with Crippen molar-refractivity contribution in [2.45, 2.75) is 50.7 Å². The predicted molar refractivity (Wildman–Crippen MR) is 100 cm³/mol. The summed E-state index contributed by atoms with van der Waals surface area (Å²) in [5.74, 6) is -1.90. The average Bonchev–Trinajstić information content (AvgIpc) is 2.86. The van der Waals surface area contributed by atoms with Gasteiger partial charge in [0.05, 0.1) is 11.1 Å². The van der Waals surface area contributed by atoms with Crippen molar-refractivity contribution < 1.29 is 19.2 Å². The zero-order valence-corrected chi connectivity index (χ0v) is 15.6. The van der Waals surface area contributed by atoms with E-state index in [-0.39, 0.29) is 18.7 Å². The molecule has 4 amide bonds. The fourth-order valence-corrected chi connectivity index (χ4v) is 4.08. The minimum absolute atomic E-state index is 0.119. The van der Waals surface area contributed by atoms with Crippen molar-refractivity contribution in [2.75, 3.05) is 13.1 Å². The number of fused-ring (bicyclic) bond motifs is 1. The zero-order chi connectivity index (χ0) is 19.7. The third-order valence-electron chi connectivity index (χ3n) is 5.65. The molecule has 1 aromatic rings. The number of hydrogen-bond donors (Lipinski definition) is 3. The Kier molecular flexibility index (Phi) is 5.23. The van der Waals surface area contributed by atoms with E-state index < -0.39 is 23.8 Å². The predicted octanol–water partition coefficient (Wildman–Crippen LogP) is 0.320. The van der Waals surface area contributed by atoms with Gasteiger partial charge in [0, 0.05) is 25.6 Å². The molecule has 0 saturated carbocycles. The van der Waals surface area contributed by atoms with Crippen molar-refractivity contribution >= 4 is 23.6 Å². The SMILES string of the molecule is O=C1CCC(N2C(=O)c3ccc(CNC4CCCCNC4)cc3C2=O)C(=O)N1. The first-order chi connectivity index (χ1) is 13.5. The van der Waals surface area contributed by atoms with Gasteiger partial charge >= 0.3 is 0 Å². The van der Waals surface area contributed by atoms with Gasteiger partial charge in [0.1, 0.15) is 6.04 Å². The van der Waals surface area contributed by atoms with Crippen molar-refractivity contribution in [1.82, 2.24) is 20.9 Å². The number of piperidine rings is 1. The van der Waals surface area contributed by atoms with Crippen molar-refractivity contribution in [3.8, 4) is 0 Å². The molecule has 28 heavy (non-hydrogen) atoms. The molecule has 2 saturated heterocycles. The lowest BCUT2D eigenvalue weighted by atomic mass is 10.0. The first-order valence-corrected chi connectivity index (χ1v) is 9.83. The maximum atomic E-state index is 12.8. The highest BCUT2D eigenvalue weighted by atomic mass is 16.2. The lowest BCUT2D eigenvalue weighted by molar-refractivity contribution is -0.136. The molecule has 0 bridgehead atoms. The number of rotatable bonds is 4. The van der Waals surface area contributed by atoms with E-state index in [1.165, 1.54) is 12.8 Å². The molecule has 0 aliphatic carbocycles. The quantitative estimate of drug-likeness (QED) is 0.646. The second-order valence-corrected chi connectivity index (χ2v) is 7.60. The number of nitrogens with one attached hydrogen (secondary N) is 3. The Morgan fingerprint density at radius 3 is 2.68 bits per heavy atom. The Morgan fingerprint density at radius 1 is 1.04 bits per heavy atom. The molecular formula is C20H24N4O4. The van der Waals surface area contributed by atoms with Crippen LogP contribution in [0.15, 0.2) is 18.2 Å². The van der Waals surface area contributed by atoms with E-state index in [1.54, 1.807) is 12.1 Å². The van der Waals surface area contributed by atoms with E-state index in [9.17, 15) is 19.2 Å². The van der Waals surface area contributed by atoms with Crippen LogP contribution in [0.2, 0.25) is 0 Å². The topological polar surface area (TPSA) is 108 Å². The maximum Gasteiger partial charge on any atom is 0.262 e. The van der Waals surface area contributed by atoms with Crippen LogP contribution in [0.4, 0.5) is 0 Å². The second kappa shape index (κ2) is 7.81. The van der Waals surface area contributed by atoms with Crippen LogP contribution in [0.5, 0.6) is 0 Å². The zero-order valence-electron chi connectivity index (χ0n) is 15.6. The van der Waals surface area contributed by atoms with Crippen LogP contribution in [-0.4, -0.2) is 53.7 Å². The van der Waals surface area contributed by atoms with Crippen LogP contribution >= 0.6 is 0 Å². The lowest BCUT2D eigenvalue weighted by Gasteiger charge is -2.27. The third-order valence-corrected chi connectivity index (χ3v) is 5.65. The van der Waals surface area contributed by atoms with Crippen LogP contribution in [0, 0.1) is 0 Å². The van der Waals surface area contributed by atoms with Gasteiger partial charge in [0.15, 0.2) is 0 Å². The van der Waals surface area contributed by atoms with Gasteiger partial charge in [-0.2, -0.15) is 0 Å². The Bertz CT molecular complexity index is 829. The Balaban J connectivity index is 1.47. The number of imide groups is 2. The van der Waals surface area contributed by atoms with Gasteiger partial charge in [-0.1, -0.05) is 12.5 Å². The lowest BCUT2D eigenvalue weighted by Crippen LogP contribution is -2.54. The molecule has 2 fully saturated rings. The van der Waals surface area contributed by atoms with E-state index in [0.717, 1.165) is 30.0 Å². The summed E-state index contributed by atoms with van der Waals surface area (Å²) in [4.78, 5) is 50.0. The van der Waals surface area contributed by atoms with Gasteiger partial charge in [-0.15, -0.1) is 0 Å². The minimum Gasteiger partial charge on any atom is -0.315 e. The molecule has 2 atom stereocenters. The number of carbonyl (C=O) groups is 4. The number of benzene rings is 1. The van der Waals surface area contributed by atoms with E-state index >= 15 is 0 Å². The van der Waals surface area contributed by atoms with Crippen molar-refractivity contribution in [2.24, 2.45) is 0 Å². The van der Waals surface area contributed by atoms with E-state index in [1.807, 2.05) is 6.07 Å². The molecule has 3 aliphatic heterocycles. The van der Waals surface area contributed by atoms with Crippen LogP contribution in [0.1, 0.15) is 58.4 Å². The largest absolute Gasteiger partial charge is 0.315 e. The standard InChI is InChI=1S/C20H24N4O4/c25-17-7-6-16(18(26)23-17)24-19(27)14-5-4-12(9-15(14)20(24)28)10-22-13-3-1-2-8-21-11-13/h4-5,9,13,16,21-22H,1-3,6-8,10-11H2,(H,23,25,26). The molecule has 3 heterocycles. The Morgan fingerprint density at radius 2 is 1.86 bits per heavy atom. The van der Waals surface area contributed by atoms with Crippen LogP contribution in [-0.2, 0) is 16.1 Å². The summed E-state index contributed by atoms with van der Waals surface area (Å²) in [6.07, 6.45) is 3.76. The van der Waals surface area contributed by atoms with Gasteiger partial charge < -0.3 is 10.6 Å². The first-order valence-electron chi connectivity index (χ1n) is 9.83. The monoisotopic (exact) mass is 384 g/mol. The molecular weight excluding hydrogens is 360 g/mol. The molecule has 148 valence electrons. The molecule has 4 rings (SSSR count). The molecule has 0 aromatic heterocycles. The van der Waals surface area contributed by atoms with Crippen LogP contribution < -0.4 is 16.0 Å². The molecule has 8 heteroatoms. The summed E-state index contributed by atoms with van der Waals surface area (Å²) < 4.78 is 0. The fourth-order valence-electron chi connectivity index (χ4n) is 4.08. The number of amides is 4. The fraction of sp³-hybridized carbons (Fsp3) is 0.500. The van der Waals surface area contributed by atoms with Gasteiger partial charge in [-0.25, -0.2) is 0 Å². The highest BCUT2D eigenvalue weighted by Crippen LogP contribution is 2.28. The second-order valence-electron chi connectivity index (χ2n) is 7.60. The summed E-state index contributed by atoms with van der Waals surface area (Å²) in [5, 5.41) is 9.12. The van der Waals surface area contributed by atoms with Gasteiger partial charge in [0.2, 0.25) is 11.8 Å². The van der Waals surface area contributed by atoms with Crippen molar-refractivity contribution in [1.29, 1.82) is 0 Å². The highest BCUT2D eigenvalue weighted by Gasteiger charge is 2.44. The number of carbonyl (C=O) groups excluding carboxylic acids is 4. The molecule has 8 nitrogen and oxygen atoms in total. The summed E-state index contributed by atoms with van der Waals surface area (Å²) in [6.45, 7) is 2.58. The van der Waals surface area contributed by atoms with Gasteiger partial charge in [0.25, 0.3) is 11.8 Å². The normalized spacial score (nSPS) is 25.5. The molecule has 0 radical (unpaired) electrons. The minimum atomic E-state index is -0.927. The molecule has 2 unspecified atom stereocenters. The average molecular weight is 384 g/mol. The van der Waals surface area contributed by atoms with Gasteiger partial charge in [-0.3, -0.25) is 29.4 Å². The first kappa shape index (κ1) is 18.8. The maximum absolute atomic E-state index is 12.8. The Hall–Kier alpha value is -2.58. The molecule has 3 N–H and O–H groups in total. The van der Waals surface area contributed by atoms with E-state index in [4.69, 9.17) is 0 Å². The van der Waals surface area contributed by atoms with E-state index in [2.05, 4.69) is 16.0 Å². The smallest absolute Gasteiger partial charge is 0.262 e. The molecule has 3 aliphatic rings. The third kappa shape index (κ3) is 3.57. The summed E-state index contributed by atoms with van der Waals surface area (Å²) in [7, 11) is 0. The van der Waals surface area contributed by atoms with Crippen molar-refractivity contribution in [3.05, 3.63) is 34.9 Å². The van der Waals surface area contributed by atoms with E-state index in [0.29, 0.717) is 23.7 Å². The van der Waals surface area contributed by atoms with Crippen molar-refractivity contribution in [3.63, 3.8) is 0 Å².